The highest BCUT2D eigenvalue weighted by atomic mass is 16.6. The van der Waals surface area contributed by atoms with E-state index in [-0.39, 0.29) is 42.2 Å². The van der Waals surface area contributed by atoms with E-state index in [2.05, 4.69) is 34.6 Å². The second kappa shape index (κ2) is 7.61. The van der Waals surface area contributed by atoms with E-state index in [9.17, 15) is 25.2 Å². The summed E-state index contributed by atoms with van der Waals surface area (Å²) in [4.78, 5) is 13.3. The van der Waals surface area contributed by atoms with E-state index in [0.29, 0.717) is 31.1 Å². The smallest absolute Gasteiger partial charge is 0.159 e. The van der Waals surface area contributed by atoms with Crippen molar-refractivity contribution in [2.45, 2.75) is 116 Å². The Hall–Kier alpha value is -0.790. The molecule has 0 amide bonds. The monoisotopic (exact) mass is 476 g/mol. The predicted octanol–water partition coefficient (Wildman–Crippen LogP) is 3.00. The molecule has 1 heterocycles. The maximum Gasteiger partial charge on any atom is 0.159 e. The fourth-order valence-electron chi connectivity index (χ4n) is 8.88. The summed E-state index contributed by atoms with van der Waals surface area (Å²) < 4.78 is 6.06. The SMILES string of the molecule is CC(C)[C@@H](C)[C@@H]1O[C@H]1[C@](C)(O)[C@H]1CC[C@@]2(O)C3=CC(=O)[C@@H]4C[C@@H](O)[C@@H](O)C[C@]4(C)[C@H]3CC[C@]12C. The Balaban J connectivity index is 1.47. The molecule has 1 saturated heterocycles. The van der Waals surface area contributed by atoms with Crippen molar-refractivity contribution < 1.29 is 30.0 Å². The Labute approximate surface area is 203 Å². The molecule has 4 aliphatic carbocycles. The van der Waals surface area contributed by atoms with E-state index in [0.717, 1.165) is 18.4 Å². The lowest BCUT2D eigenvalue weighted by molar-refractivity contribution is -0.161. The molecule has 6 nitrogen and oxygen atoms in total. The second-order valence-corrected chi connectivity index (χ2v) is 13.4. The molecule has 5 aliphatic rings. The minimum atomic E-state index is -1.16. The number of aliphatic hydroxyl groups is 4. The molecule has 3 saturated carbocycles. The highest BCUT2D eigenvalue weighted by Gasteiger charge is 2.71. The van der Waals surface area contributed by atoms with Crippen LogP contribution in [0.1, 0.15) is 80.1 Å². The Kier molecular flexibility index (Phi) is 5.57. The van der Waals surface area contributed by atoms with E-state index in [1.165, 1.54) is 0 Å². The van der Waals surface area contributed by atoms with Gasteiger partial charge in [0, 0.05) is 11.3 Å². The Morgan fingerprint density at radius 2 is 1.76 bits per heavy atom. The fourth-order valence-corrected chi connectivity index (χ4v) is 8.88. The van der Waals surface area contributed by atoms with Crippen LogP contribution in [0.4, 0.5) is 0 Å². The normalized spacial score (nSPS) is 52.9. The number of carbonyl (C=O) groups excluding carboxylic acids is 1. The molecule has 0 aromatic rings. The van der Waals surface area contributed by atoms with Gasteiger partial charge in [-0.3, -0.25) is 4.79 Å². The summed E-state index contributed by atoms with van der Waals surface area (Å²) in [5.74, 6) is 0.304. The summed E-state index contributed by atoms with van der Waals surface area (Å²) in [6.45, 7) is 12.6. The third-order valence-electron chi connectivity index (χ3n) is 11.5. The third-order valence-corrected chi connectivity index (χ3v) is 11.5. The average Bonchev–Trinajstić information content (AvgIpc) is 3.49. The lowest BCUT2D eigenvalue weighted by Gasteiger charge is -2.60. The number of allylic oxidation sites excluding steroid dienone is 1. The minimum Gasteiger partial charge on any atom is -0.390 e. The van der Waals surface area contributed by atoms with Crippen LogP contribution in [0.2, 0.25) is 0 Å². The van der Waals surface area contributed by atoms with Crippen LogP contribution in [0.5, 0.6) is 0 Å². The summed E-state index contributed by atoms with van der Waals surface area (Å²) >= 11 is 0. The molecule has 0 aromatic carbocycles. The number of hydrogen-bond donors (Lipinski definition) is 4. The number of rotatable bonds is 4. The van der Waals surface area contributed by atoms with E-state index in [1.807, 2.05) is 6.92 Å². The van der Waals surface area contributed by atoms with Gasteiger partial charge in [-0.1, -0.05) is 34.6 Å². The van der Waals surface area contributed by atoms with Crippen LogP contribution in [0.15, 0.2) is 11.6 Å². The lowest BCUT2D eigenvalue weighted by atomic mass is 9.45. The first-order chi connectivity index (χ1) is 15.7. The second-order valence-electron chi connectivity index (χ2n) is 13.4. The van der Waals surface area contributed by atoms with Gasteiger partial charge in [-0.2, -0.15) is 0 Å². The number of epoxide rings is 1. The van der Waals surface area contributed by atoms with E-state index < -0.39 is 34.2 Å². The largest absolute Gasteiger partial charge is 0.390 e. The van der Waals surface area contributed by atoms with Gasteiger partial charge in [-0.25, -0.2) is 0 Å². The summed E-state index contributed by atoms with van der Waals surface area (Å²) in [6, 6.07) is 0. The average molecular weight is 477 g/mol. The van der Waals surface area contributed by atoms with Crippen LogP contribution in [0, 0.1) is 40.4 Å². The number of aliphatic hydroxyl groups excluding tert-OH is 2. The topological polar surface area (TPSA) is 111 Å². The van der Waals surface area contributed by atoms with Crippen LogP contribution in [0.25, 0.3) is 0 Å². The van der Waals surface area contributed by atoms with Crippen molar-refractivity contribution in [1.82, 2.24) is 0 Å². The number of ketones is 1. The number of carbonyl (C=O) groups is 1. The molecule has 0 bridgehead atoms. The molecule has 0 unspecified atom stereocenters. The quantitative estimate of drug-likeness (QED) is 0.464. The van der Waals surface area contributed by atoms with Crippen molar-refractivity contribution in [3.8, 4) is 0 Å². The molecular weight excluding hydrogens is 432 g/mol. The third kappa shape index (κ3) is 3.14. The first kappa shape index (κ1) is 24.9. The van der Waals surface area contributed by atoms with Gasteiger partial charge in [0.15, 0.2) is 5.78 Å². The molecule has 34 heavy (non-hydrogen) atoms. The Morgan fingerprint density at radius 1 is 1.09 bits per heavy atom. The molecule has 4 fully saturated rings. The summed E-state index contributed by atoms with van der Waals surface area (Å²) in [7, 11) is 0. The molecule has 12 atom stereocenters. The molecule has 5 rings (SSSR count). The molecule has 0 radical (unpaired) electrons. The Bertz CT molecular complexity index is 895. The zero-order valence-electron chi connectivity index (χ0n) is 21.6. The van der Waals surface area contributed by atoms with Gasteiger partial charge in [-0.05, 0) is 86.2 Å². The number of ether oxygens (including phenoxy) is 1. The summed E-state index contributed by atoms with van der Waals surface area (Å²) in [6.07, 6.45) is 3.15. The van der Waals surface area contributed by atoms with Crippen LogP contribution < -0.4 is 0 Å². The van der Waals surface area contributed by atoms with Gasteiger partial charge < -0.3 is 25.2 Å². The van der Waals surface area contributed by atoms with Gasteiger partial charge in [0.1, 0.15) is 6.10 Å². The van der Waals surface area contributed by atoms with Crippen molar-refractivity contribution in [2.24, 2.45) is 40.4 Å². The standard InChI is InChI=1S/C28H44O6/c1-14(2)15(3)23-24(34-23)27(6,32)22-8-10-28(33)17-11-19(29)18-12-20(30)21(31)13-25(18,4)16(17)7-9-26(22,28)5/h11,14-16,18,20-24,30-33H,7-10,12-13H2,1-6H3/t15-,16+,18+,20-,21+,22+,23+,24-,25-,26-,27-,28-/m1/s1. The van der Waals surface area contributed by atoms with E-state index >= 15 is 0 Å². The first-order valence-corrected chi connectivity index (χ1v) is 13.4. The van der Waals surface area contributed by atoms with Gasteiger partial charge >= 0.3 is 0 Å². The van der Waals surface area contributed by atoms with Gasteiger partial charge in [-0.15, -0.1) is 0 Å². The molecule has 0 spiro atoms. The molecule has 0 aromatic heterocycles. The molecular formula is C28H44O6. The van der Waals surface area contributed by atoms with Crippen molar-refractivity contribution in [3.63, 3.8) is 0 Å². The van der Waals surface area contributed by atoms with Crippen LogP contribution in [-0.4, -0.2) is 61.8 Å². The molecule has 1 aliphatic heterocycles. The van der Waals surface area contributed by atoms with Gasteiger partial charge in [0.2, 0.25) is 0 Å². The first-order valence-electron chi connectivity index (χ1n) is 13.4. The van der Waals surface area contributed by atoms with Crippen molar-refractivity contribution >= 4 is 5.78 Å². The molecule has 192 valence electrons. The maximum atomic E-state index is 13.3. The van der Waals surface area contributed by atoms with E-state index in [4.69, 9.17) is 4.74 Å². The van der Waals surface area contributed by atoms with Crippen molar-refractivity contribution in [1.29, 1.82) is 0 Å². The fraction of sp³-hybridized carbons (Fsp3) is 0.893. The van der Waals surface area contributed by atoms with Gasteiger partial charge in [0.25, 0.3) is 0 Å². The number of hydrogen-bond acceptors (Lipinski definition) is 6. The highest BCUT2D eigenvalue weighted by Crippen LogP contribution is 2.69. The maximum absolute atomic E-state index is 13.3. The Morgan fingerprint density at radius 3 is 2.41 bits per heavy atom. The van der Waals surface area contributed by atoms with E-state index in [1.54, 1.807) is 6.08 Å². The summed E-state index contributed by atoms with van der Waals surface area (Å²) in [5, 5.41) is 44.9. The predicted molar refractivity (Wildman–Crippen MR) is 128 cm³/mol. The minimum absolute atomic E-state index is 0.00925. The molecule has 6 heteroatoms. The van der Waals surface area contributed by atoms with Crippen molar-refractivity contribution in [3.05, 3.63) is 11.6 Å². The number of fused-ring (bicyclic) bond motifs is 5. The van der Waals surface area contributed by atoms with Crippen LogP contribution in [-0.2, 0) is 9.53 Å². The summed E-state index contributed by atoms with van der Waals surface area (Å²) in [5.41, 5.74) is -2.46. The lowest BCUT2D eigenvalue weighted by Crippen LogP contribution is -2.62. The zero-order valence-corrected chi connectivity index (χ0v) is 21.6. The molecule has 4 N–H and O–H groups in total. The highest BCUT2D eigenvalue weighted by molar-refractivity contribution is 5.95. The van der Waals surface area contributed by atoms with Crippen molar-refractivity contribution in [2.75, 3.05) is 0 Å². The zero-order chi connectivity index (χ0) is 25.0. The van der Waals surface area contributed by atoms with Crippen LogP contribution in [0.3, 0.4) is 0 Å². The van der Waals surface area contributed by atoms with Gasteiger partial charge in [0.05, 0.1) is 29.5 Å². The van der Waals surface area contributed by atoms with Crippen LogP contribution >= 0.6 is 0 Å².